The van der Waals surface area contributed by atoms with Crippen molar-refractivity contribution in [3.05, 3.63) is 59.2 Å². The van der Waals surface area contributed by atoms with Crippen LogP contribution < -0.4 is 10.5 Å². The number of nitrogens with one attached hydrogen (secondary N) is 1. The van der Waals surface area contributed by atoms with Crippen molar-refractivity contribution in [1.82, 2.24) is 4.90 Å². The maximum atomic E-state index is 12.9. The largest absolute Gasteiger partial charge is 0.369 e. The molecule has 1 fully saturated rings. The van der Waals surface area contributed by atoms with Crippen LogP contribution in [0.3, 0.4) is 0 Å². The summed E-state index contributed by atoms with van der Waals surface area (Å²) >= 11 is 0. The van der Waals surface area contributed by atoms with Gasteiger partial charge in [0.25, 0.3) is 15.9 Å². The van der Waals surface area contributed by atoms with E-state index in [-0.39, 0.29) is 22.6 Å². The molecule has 2 aromatic carbocycles. The van der Waals surface area contributed by atoms with Crippen molar-refractivity contribution in [3.8, 4) is 0 Å². The van der Waals surface area contributed by atoms with Crippen LogP contribution >= 0.6 is 0 Å². The molecule has 0 aliphatic carbocycles. The van der Waals surface area contributed by atoms with Crippen molar-refractivity contribution >= 4 is 27.5 Å². The summed E-state index contributed by atoms with van der Waals surface area (Å²) in [4.78, 5) is 25.9. The smallest absolute Gasteiger partial charge is 0.262 e. The van der Waals surface area contributed by atoms with E-state index in [1.54, 1.807) is 42.2 Å². The molecule has 0 bridgehead atoms. The van der Waals surface area contributed by atoms with Crippen molar-refractivity contribution in [3.63, 3.8) is 0 Å². The van der Waals surface area contributed by atoms with Gasteiger partial charge in [-0.15, -0.1) is 0 Å². The average molecular weight is 416 g/mol. The van der Waals surface area contributed by atoms with E-state index in [0.717, 1.165) is 5.56 Å². The van der Waals surface area contributed by atoms with Crippen LogP contribution in [0.15, 0.2) is 47.4 Å². The molecule has 7 nitrogen and oxygen atoms in total. The highest BCUT2D eigenvalue weighted by molar-refractivity contribution is 7.92. The number of carbonyl (C=O) groups is 2. The van der Waals surface area contributed by atoms with E-state index in [9.17, 15) is 18.0 Å². The van der Waals surface area contributed by atoms with Gasteiger partial charge in [0.2, 0.25) is 5.91 Å². The molecule has 8 heteroatoms. The van der Waals surface area contributed by atoms with Gasteiger partial charge in [0.1, 0.15) is 0 Å². The summed E-state index contributed by atoms with van der Waals surface area (Å²) in [6, 6.07) is 11.7. The van der Waals surface area contributed by atoms with E-state index in [2.05, 4.69) is 4.72 Å². The molecule has 0 aromatic heterocycles. The van der Waals surface area contributed by atoms with Crippen molar-refractivity contribution in [1.29, 1.82) is 0 Å². The molecule has 0 unspecified atom stereocenters. The number of likely N-dealkylation sites (tertiary alicyclic amines) is 1. The molecule has 154 valence electrons. The number of amides is 2. The highest BCUT2D eigenvalue weighted by Crippen LogP contribution is 2.24. The first-order chi connectivity index (χ1) is 13.7. The Kier molecular flexibility index (Phi) is 5.93. The lowest BCUT2D eigenvalue weighted by atomic mass is 9.96. The summed E-state index contributed by atoms with van der Waals surface area (Å²) in [7, 11) is -3.85. The van der Waals surface area contributed by atoms with Gasteiger partial charge in [0.15, 0.2) is 0 Å². The highest BCUT2D eigenvalue weighted by atomic mass is 32.2. The molecule has 0 radical (unpaired) electrons. The van der Waals surface area contributed by atoms with Gasteiger partial charge in [-0.2, -0.15) is 0 Å². The third kappa shape index (κ3) is 4.76. The Balaban J connectivity index is 1.82. The molecule has 1 aliphatic heterocycles. The van der Waals surface area contributed by atoms with Crippen LogP contribution in [-0.4, -0.2) is 38.2 Å². The number of anilines is 1. The van der Waals surface area contributed by atoms with Crippen molar-refractivity contribution in [2.75, 3.05) is 17.8 Å². The van der Waals surface area contributed by atoms with Crippen LogP contribution in [0.4, 0.5) is 5.69 Å². The maximum Gasteiger partial charge on any atom is 0.262 e. The molecule has 1 aliphatic rings. The van der Waals surface area contributed by atoms with Crippen LogP contribution in [0.2, 0.25) is 0 Å². The number of nitrogens with two attached hydrogens (primary N) is 1. The second-order valence-corrected chi connectivity index (χ2v) is 9.07. The molecule has 0 spiro atoms. The standard InChI is InChI=1S/C21H25N3O4S/c1-14-4-3-5-18(12-14)23-29(27,28)19-13-17(7-6-15(19)2)21(26)24-10-8-16(9-11-24)20(22)25/h3-7,12-13,16,23H,8-11H2,1-2H3,(H2,22,25). The van der Waals surface area contributed by atoms with Gasteiger partial charge in [-0.05, 0) is 62.1 Å². The molecule has 2 amide bonds. The fourth-order valence-corrected chi connectivity index (χ4v) is 4.81. The number of primary amides is 1. The second-order valence-electron chi connectivity index (χ2n) is 7.42. The van der Waals surface area contributed by atoms with Crippen LogP contribution in [0.5, 0.6) is 0 Å². The minimum absolute atomic E-state index is 0.0666. The van der Waals surface area contributed by atoms with Gasteiger partial charge in [0, 0.05) is 30.3 Å². The molecule has 0 saturated carbocycles. The van der Waals surface area contributed by atoms with Crippen molar-refractivity contribution in [2.24, 2.45) is 11.7 Å². The first-order valence-corrected chi connectivity index (χ1v) is 10.9. The van der Waals surface area contributed by atoms with Gasteiger partial charge in [-0.25, -0.2) is 8.42 Å². The first-order valence-electron chi connectivity index (χ1n) is 9.46. The molecular formula is C21H25N3O4S. The van der Waals surface area contributed by atoms with Gasteiger partial charge in [0.05, 0.1) is 4.90 Å². The zero-order valence-electron chi connectivity index (χ0n) is 16.5. The Hall–Kier alpha value is -2.87. The zero-order valence-corrected chi connectivity index (χ0v) is 17.3. The monoisotopic (exact) mass is 415 g/mol. The maximum absolute atomic E-state index is 12.9. The predicted octanol–water partition coefficient (Wildman–Crippen LogP) is 2.44. The van der Waals surface area contributed by atoms with Crippen molar-refractivity contribution in [2.45, 2.75) is 31.6 Å². The lowest BCUT2D eigenvalue weighted by Crippen LogP contribution is -2.41. The fourth-order valence-electron chi connectivity index (χ4n) is 3.49. The fraction of sp³-hybridized carbons (Fsp3) is 0.333. The topological polar surface area (TPSA) is 110 Å². The average Bonchev–Trinajstić information content (AvgIpc) is 2.67. The molecular weight excluding hydrogens is 390 g/mol. The van der Waals surface area contributed by atoms with Crippen LogP contribution in [0.1, 0.15) is 34.3 Å². The highest BCUT2D eigenvalue weighted by Gasteiger charge is 2.27. The number of benzene rings is 2. The SMILES string of the molecule is Cc1cccc(NS(=O)(=O)c2cc(C(=O)N3CCC(C(N)=O)CC3)ccc2C)c1. The van der Waals surface area contributed by atoms with Crippen LogP contribution in [0, 0.1) is 19.8 Å². The molecule has 2 aromatic rings. The van der Waals surface area contributed by atoms with E-state index in [0.29, 0.717) is 42.7 Å². The summed E-state index contributed by atoms with van der Waals surface area (Å²) in [6.45, 7) is 4.41. The number of aryl methyl sites for hydroxylation is 2. The third-order valence-corrected chi connectivity index (χ3v) is 6.70. The van der Waals surface area contributed by atoms with E-state index >= 15 is 0 Å². The lowest BCUT2D eigenvalue weighted by Gasteiger charge is -2.30. The number of sulfonamides is 1. The molecule has 0 atom stereocenters. The third-order valence-electron chi connectivity index (χ3n) is 5.18. The van der Waals surface area contributed by atoms with E-state index in [4.69, 9.17) is 5.73 Å². The van der Waals surface area contributed by atoms with E-state index < -0.39 is 10.0 Å². The quantitative estimate of drug-likeness (QED) is 0.781. The van der Waals surface area contributed by atoms with E-state index in [1.807, 2.05) is 13.0 Å². The predicted molar refractivity (Wildman–Crippen MR) is 111 cm³/mol. The number of nitrogens with zero attached hydrogens (tertiary/aromatic N) is 1. The van der Waals surface area contributed by atoms with Gasteiger partial charge >= 0.3 is 0 Å². The van der Waals surface area contributed by atoms with Crippen LogP contribution in [-0.2, 0) is 14.8 Å². The minimum Gasteiger partial charge on any atom is -0.369 e. The Morgan fingerprint density at radius 1 is 1.07 bits per heavy atom. The molecule has 29 heavy (non-hydrogen) atoms. The Labute approximate surface area is 171 Å². The summed E-state index contributed by atoms with van der Waals surface area (Å²) in [5, 5.41) is 0. The van der Waals surface area contributed by atoms with Gasteiger partial charge in [-0.3, -0.25) is 14.3 Å². The number of hydrogen-bond donors (Lipinski definition) is 2. The lowest BCUT2D eigenvalue weighted by molar-refractivity contribution is -0.123. The summed E-state index contributed by atoms with van der Waals surface area (Å²) < 4.78 is 28.4. The Bertz CT molecular complexity index is 1040. The molecule has 3 N–H and O–H groups in total. The summed E-state index contributed by atoms with van der Waals surface area (Å²) in [5.74, 6) is -0.811. The number of piperidine rings is 1. The minimum atomic E-state index is -3.85. The first kappa shape index (κ1) is 20.9. The molecule has 3 rings (SSSR count). The van der Waals surface area contributed by atoms with Gasteiger partial charge in [-0.1, -0.05) is 18.2 Å². The molecule has 1 heterocycles. The summed E-state index contributed by atoms with van der Waals surface area (Å²) in [6.07, 6.45) is 1.04. The number of carbonyl (C=O) groups excluding carboxylic acids is 2. The number of hydrogen-bond acceptors (Lipinski definition) is 4. The van der Waals surface area contributed by atoms with Crippen molar-refractivity contribution < 1.29 is 18.0 Å². The Morgan fingerprint density at radius 2 is 1.76 bits per heavy atom. The van der Waals surface area contributed by atoms with Crippen LogP contribution in [0.25, 0.3) is 0 Å². The Morgan fingerprint density at radius 3 is 2.38 bits per heavy atom. The zero-order chi connectivity index (χ0) is 21.2. The molecule has 1 saturated heterocycles. The normalized spacial score (nSPS) is 15.2. The summed E-state index contributed by atoms with van der Waals surface area (Å²) in [5.41, 5.74) is 7.60. The number of rotatable bonds is 5. The second kappa shape index (κ2) is 8.24. The van der Waals surface area contributed by atoms with E-state index in [1.165, 1.54) is 6.07 Å². The van der Waals surface area contributed by atoms with Gasteiger partial charge < -0.3 is 10.6 Å².